The Kier molecular flexibility index (Phi) is 4.02. The lowest BCUT2D eigenvalue weighted by Crippen LogP contribution is -1.89. The number of para-hydroxylation sites is 1. The van der Waals surface area contributed by atoms with Crippen LogP contribution in [0, 0.1) is 0 Å². The van der Waals surface area contributed by atoms with Crippen LogP contribution in [0.25, 0.3) is 16.5 Å². The summed E-state index contributed by atoms with van der Waals surface area (Å²) < 4.78 is 0. The topological polar surface area (TPSA) is 60.7 Å². The van der Waals surface area contributed by atoms with Crippen LogP contribution in [-0.4, -0.2) is 10.1 Å². The smallest absolute Gasteiger partial charge is 0.119 e. The number of fused-ring (bicyclic) bond motifs is 2. The Bertz CT molecular complexity index is 1220. The first-order chi connectivity index (χ1) is 13.8. The van der Waals surface area contributed by atoms with E-state index in [-0.39, 0.29) is 0 Å². The third-order valence-electron chi connectivity index (χ3n) is 5.13. The lowest BCUT2D eigenvalue weighted by molar-refractivity contribution is 0.405. The van der Waals surface area contributed by atoms with Gasteiger partial charge in [-0.15, -0.1) is 0 Å². The van der Waals surface area contributed by atoms with Crippen LogP contribution in [0.2, 0.25) is 0 Å². The number of aromatic amines is 1. The van der Waals surface area contributed by atoms with Crippen molar-refractivity contribution in [2.45, 2.75) is 13.0 Å². The quantitative estimate of drug-likeness (QED) is 0.408. The van der Waals surface area contributed by atoms with Gasteiger partial charge in [0.05, 0.1) is 12.2 Å². The number of nitrogens with zero attached hydrogens (tertiary/aromatic N) is 2. The highest BCUT2D eigenvalue weighted by Crippen LogP contribution is 2.43. The van der Waals surface area contributed by atoms with E-state index in [1.807, 2.05) is 72.8 Å². The highest BCUT2D eigenvalue weighted by molar-refractivity contribution is 6.01. The number of aromatic nitrogens is 1. The van der Waals surface area contributed by atoms with Gasteiger partial charge in [0.2, 0.25) is 0 Å². The Morgan fingerprint density at radius 2 is 1.61 bits per heavy atom. The van der Waals surface area contributed by atoms with E-state index in [1.165, 1.54) is 0 Å². The van der Waals surface area contributed by atoms with Gasteiger partial charge in [-0.25, -0.2) is 0 Å². The molecule has 0 amide bonds. The van der Waals surface area contributed by atoms with Crippen LogP contribution in [0.4, 0.5) is 5.69 Å². The van der Waals surface area contributed by atoms with Gasteiger partial charge >= 0.3 is 0 Å². The maximum atomic E-state index is 10.7. The number of benzene rings is 3. The molecule has 28 heavy (non-hydrogen) atoms. The average molecular weight is 365 g/mol. The molecular formula is C24H19N3O. The summed E-state index contributed by atoms with van der Waals surface area (Å²) in [5.74, 6) is 0.368. The number of aliphatic hydroxyl groups excluding tert-OH is 1. The van der Waals surface area contributed by atoms with E-state index in [0.29, 0.717) is 18.7 Å². The zero-order valence-corrected chi connectivity index (χ0v) is 15.3. The third kappa shape index (κ3) is 2.79. The van der Waals surface area contributed by atoms with Gasteiger partial charge in [-0.3, -0.25) is 0 Å². The summed E-state index contributed by atoms with van der Waals surface area (Å²) >= 11 is 0. The van der Waals surface area contributed by atoms with E-state index in [4.69, 9.17) is 0 Å². The molecule has 1 aromatic heterocycles. The molecule has 4 aromatic rings. The van der Waals surface area contributed by atoms with Gasteiger partial charge in [0.15, 0.2) is 0 Å². The second-order valence-corrected chi connectivity index (χ2v) is 6.93. The molecule has 5 rings (SSSR count). The van der Waals surface area contributed by atoms with Crippen molar-refractivity contribution < 1.29 is 5.11 Å². The predicted octanol–water partition coefficient (Wildman–Crippen LogP) is 6.33. The molecule has 0 unspecified atom stereocenters. The van der Waals surface area contributed by atoms with E-state index in [1.54, 1.807) is 0 Å². The van der Waals surface area contributed by atoms with Crippen LogP contribution < -0.4 is 0 Å². The summed E-state index contributed by atoms with van der Waals surface area (Å²) in [5.41, 5.74) is 6.68. The number of rotatable bonds is 4. The van der Waals surface area contributed by atoms with E-state index >= 15 is 0 Å². The molecule has 0 bridgehead atoms. The number of hydrogen-bond donors (Lipinski definition) is 2. The molecule has 0 aliphatic heterocycles. The van der Waals surface area contributed by atoms with E-state index in [2.05, 4.69) is 21.3 Å². The highest BCUT2D eigenvalue weighted by Gasteiger charge is 2.26. The summed E-state index contributed by atoms with van der Waals surface area (Å²) in [6, 6.07) is 26.2. The predicted molar refractivity (Wildman–Crippen MR) is 112 cm³/mol. The Morgan fingerprint density at radius 3 is 2.50 bits per heavy atom. The van der Waals surface area contributed by atoms with E-state index in [0.717, 1.165) is 44.5 Å². The lowest BCUT2D eigenvalue weighted by atomic mass is 10.0. The SMILES string of the molecule is OC1=C(c2[nH]c3ccccc3c2N=NCc2ccccc2)c2ccccc2C1. The zero-order chi connectivity index (χ0) is 18.9. The molecule has 0 saturated heterocycles. The Hall–Kier alpha value is -3.66. The minimum Gasteiger partial charge on any atom is -0.511 e. The fourth-order valence-electron chi connectivity index (χ4n) is 3.80. The average Bonchev–Trinajstić information content (AvgIpc) is 3.25. The van der Waals surface area contributed by atoms with E-state index in [9.17, 15) is 5.11 Å². The Balaban J connectivity index is 1.62. The van der Waals surface area contributed by atoms with Crippen molar-refractivity contribution in [2.75, 3.05) is 0 Å². The minimum absolute atomic E-state index is 0.368. The Morgan fingerprint density at radius 1 is 0.857 bits per heavy atom. The van der Waals surface area contributed by atoms with Crippen LogP contribution in [0.15, 0.2) is 94.9 Å². The zero-order valence-electron chi connectivity index (χ0n) is 15.3. The number of nitrogens with one attached hydrogen (secondary N) is 1. The molecule has 1 aliphatic carbocycles. The fourth-order valence-corrected chi connectivity index (χ4v) is 3.80. The monoisotopic (exact) mass is 365 g/mol. The molecule has 1 aliphatic rings. The van der Waals surface area contributed by atoms with Crippen molar-refractivity contribution in [3.63, 3.8) is 0 Å². The number of hydrogen-bond acceptors (Lipinski definition) is 3. The highest BCUT2D eigenvalue weighted by atomic mass is 16.3. The van der Waals surface area contributed by atoms with Crippen molar-refractivity contribution in [1.29, 1.82) is 0 Å². The number of H-pyrrole nitrogens is 1. The molecule has 0 spiro atoms. The Labute approximate surface area is 162 Å². The van der Waals surface area contributed by atoms with Crippen LogP contribution in [0.5, 0.6) is 0 Å². The lowest BCUT2D eigenvalue weighted by Gasteiger charge is -2.05. The maximum Gasteiger partial charge on any atom is 0.119 e. The van der Waals surface area contributed by atoms with Crippen LogP contribution in [0.3, 0.4) is 0 Å². The van der Waals surface area contributed by atoms with Gasteiger partial charge in [-0.2, -0.15) is 10.2 Å². The summed E-state index contributed by atoms with van der Waals surface area (Å²) in [6.07, 6.45) is 0.543. The fraction of sp³-hybridized carbons (Fsp3) is 0.0833. The van der Waals surface area contributed by atoms with Gasteiger partial charge in [-0.05, 0) is 22.8 Å². The van der Waals surface area contributed by atoms with Crippen LogP contribution in [0.1, 0.15) is 22.4 Å². The summed E-state index contributed by atoms with van der Waals surface area (Å²) in [7, 11) is 0. The molecule has 136 valence electrons. The second kappa shape index (κ2) is 6.82. The van der Waals surface area contributed by atoms with Crippen molar-refractivity contribution in [3.05, 3.63) is 107 Å². The van der Waals surface area contributed by atoms with Crippen LogP contribution in [-0.2, 0) is 13.0 Å². The molecule has 3 aromatic carbocycles. The van der Waals surface area contributed by atoms with Crippen molar-refractivity contribution in [2.24, 2.45) is 10.2 Å². The van der Waals surface area contributed by atoms with Gasteiger partial charge < -0.3 is 10.1 Å². The molecule has 2 N–H and O–H groups in total. The number of allylic oxidation sites excluding steroid dienone is 1. The maximum absolute atomic E-state index is 10.7. The number of aliphatic hydroxyl groups is 1. The second-order valence-electron chi connectivity index (χ2n) is 6.93. The molecular weight excluding hydrogens is 346 g/mol. The first-order valence-electron chi connectivity index (χ1n) is 9.34. The van der Waals surface area contributed by atoms with Crippen LogP contribution >= 0.6 is 0 Å². The van der Waals surface area contributed by atoms with Gasteiger partial charge in [0, 0.05) is 22.9 Å². The molecule has 1 heterocycles. The molecule has 4 heteroatoms. The normalized spacial score (nSPS) is 13.6. The molecule has 0 saturated carbocycles. The van der Waals surface area contributed by atoms with Gasteiger partial charge in [-0.1, -0.05) is 72.8 Å². The van der Waals surface area contributed by atoms with Gasteiger partial charge in [0.25, 0.3) is 0 Å². The molecule has 4 nitrogen and oxygen atoms in total. The summed E-state index contributed by atoms with van der Waals surface area (Å²) in [6.45, 7) is 0.515. The van der Waals surface area contributed by atoms with Crippen molar-refractivity contribution in [1.82, 2.24) is 4.98 Å². The van der Waals surface area contributed by atoms with E-state index < -0.39 is 0 Å². The molecule has 0 radical (unpaired) electrons. The summed E-state index contributed by atoms with van der Waals surface area (Å²) in [4.78, 5) is 3.45. The standard InChI is InChI=1S/C24H19N3O/c28-21-14-17-10-4-5-11-18(17)22(21)24-23(19-12-6-7-13-20(19)26-24)27-25-15-16-8-2-1-3-9-16/h1-13,26,28H,14-15H2. The first kappa shape index (κ1) is 16.5. The van der Waals surface area contributed by atoms with Crippen molar-refractivity contribution in [3.8, 4) is 0 Å². The third-order valence-corrected chi connectivity index (χ3v) is 5.13. The van der Waals surface area contributed by atoms with Gasteiger partial charge in [0.1, 0.15) is 11.4 Å². The largest absolute Gasteiger partial charge is 0.511 e. The first-order valence-corrected chi connectivity index (χ1v) is 9.34. The van der Waals surface area contributed by atoms with Crippen molar-refractivity contribution >= 4 is 22.2 Å². The number of azo groups is 1. The minimum atomic E-state index is 0.368. The summed E-state index contributed by atoms with van der Waals surface area (Å²) in [5, 5.41) is 20.7. The molecule has 0 atom stereocenters. The molecule has 0 fully saturated rings.